The molecule has 3 heteroatoms. The fourth-order valence-corrected chi connectivity index (χ4v) is 7.75. The maximum absolute atomic E-state index is 5.51. The van der Waals surface area contributed by atoms with Crippen molar-refractivity contribution in [3.05, 3.63) is 144 Å². The summed E-state index contributed by atoms with van der Waals surface area (Å²) in [5.74, 6) is 0. The second-order valence-corrected chi connectivity index (χ2v) is 13.0. The van der Waals surface area contributed by atoms with Crippen molar-refractivity contribution in [3.63, 3.8) is 0 Å². The van der Waals surface area contributed by atoms with Gasteiger partial charge in [-0.15, -0.1) is 11.8 Å². The van der Waals surface area contributed by atoms with E-state index in [1.165, 1.54) is 43.5 Å². The van der Waals surface area contributed by atoms with Crippen LogP contribution in [-0.2, 0) is 12.8 Å². The van der Waals surface area contributed by atoms with Crippen molar-refractivity contribution in [3.8, 4) is 33.6 Å². The summed E-state index contributed by atoms with van der Waals surface area (Å²) in [7, 11) is 0. The Bertz CT molecular complexity index is 2140. The molecule has 1 unspecified atom stereocenters. The standard InChI is InChI=1S/C41H32N2S/c1-27-14-4-2-7-17-29-18-13-25-32(41(29)44-27)30-19-12-20-31(26-30)38-37(28-15-5-3-6-16-28)42-39-35-23-10-8-21-33(35)34-22-9-11-24-36(34)40(39)43-38/h2-7,9-16,18-20,22-27H,8,17,21H2,1H3/b7-2-,14-4-. The highest BCUT2D eigenvalue weighted by Crippen LogP contribution is 2.42. The molecule has 2 nitrogen and oxygen atoms in total. The minimum Gasteiger partial charge on any atom is -0.243 e. The minimum atomic E-state index is 0.380. The average Bonchev–Trinajstić information content (AvgIpc) is 3.18. The van der Waals surface area contributed by atoms with Gasteiger partial charge in [-0.3, -0.25) is 0 Å². The van der Waals surface area contributed by atoms with E-state index >= 15 is 0 Å². The quantitative estimate of drug-likeness (QED) is 0.194. The fraction of sp³-hybridized carbons (Fsp3) is 0.122. The predicted molar refractivity (Wildman–Crippen MR) is 188 cm³/mol. The Balaban J connectivity index is 1.38. The van der Waals surface area contributed by atoms with Gasteiger partial charge in [0.05, 0.1) is 22.4 Å². The van der Waals surface area contributed by atoms with Crippen molar-refractivity contribution in [2.24, 2.45) is 0 Å². The van der Waals surface area contributed by atoms with Crippen LogP contribution in [0.25, 0.3) is 61.5 Å². The van der Waals surface area contributed by atoms with Gasteiger partial charge in [0.15, 0.2) is 0 Å². The van der Waals surface area contributed by atoms with E-state index in [9.17, 15) is 0 Å². The van der Waals surface area contributed by atoms with Gasteiger partial charge in [-0.05, 0) is 59.9 Å². The van der Waals surface area contributed by atoms with E-state index in [1.54, 1.807) is 0 Å². The van der Waals surface area contributed by atoms with Gasteiger partial charge in [-0.2, -0.15) is 0 Å². The van der Waals surface area contributed by atoms with E-state index in [0.717, 1.165) is 52.8 Å². The van der Waals surface area contributed by atoms with Gasteiger partial charge in [0.25, 0.3) is 0 Å². The van der Waals surface area contributed by atoms with Crippen LogP contribution in [0.5, 0.6) is 0 Å². The molecule has 0 spiro atoms. The summed E-state index contributed by atoms with van der Waals surface area (Å²) in [6.07, 6.45) is 16.4. The number of nitrogens with zero attached hydrogens (tertiary/aromatic N) is 2. The van der Waals surface area contributed by atoms with E-state index in [2.05, 4.69) is 140 Å². The van der Waals surface area contributed by atoms with Crippen molar-refractivity contribution in [2.75, 3.05) is 0 Å². The topological polar surface area (TPSA) is 25.8 Å². The van der Waals surface area contributed by atoms with Crippen molar-refractivity contribution >= 4 is 39.6 Å². The molecule has 2 heterocycles. The van der Waals surface area contributed by atoms with Crippen LogP contribution in [0.4, 0.5) is 0 Å². The number of aromatic nitrogens is 2. The molecule has 5 aromatic carbocycles. The smallest absolute Gasteiger partial charge is 0.0979 e. The summed E-state index contributed by atoms with van der Waals surface area (Å²) in [6, 6.07) is 34.9. The van der Waals surface area contributed by atoms with Gasteiger partial charge in [0.1, 0.15) is 0 Å². The third kappa shape index (κ3) is 4.78. The number of thioether (sulfide) groups is 1. The lowest BCUT2D eigenvalue weighted by molar-refractivity contribution is 0.998. The maximum atomic E-state index is 5.51. The monoisotopic (exact) mass is 584 g/mol. The Morgan fingerprint density at radius 1 is 0.682 bits per heavy atom. The zero-order chi connectivity index (χ0) is 29.5. The first-order valence-corrected chi connectivity index (χ1v) is 16.3. The molecule has 0 fully saturated rings. The van der Waals surface area contributed by atoms with Crippen LogP contribution >= 0.6 is 11.8 Å². The van der Waals surface area contributed by atoms with Crippen LogP contribution in [0.2, 0.25) is 0 Å². The highest BCUT2D eigenvalue weighted by atomic mass is 32.2. The lowest BCUT2D eigenvalue weighted by Crippen LogP contribution is -2.03. The van der Waals surface area contributed by atoms with Crippen LogP contribution in [0.1, 0.15) is 30.0 Å². The molecule has 8 rings (SSSR count). The Hall–Kier alpha value is -4.73. The summed E-state index contributed by atoms with van der Waals surface area (Å²) < 4.78 is 0. The number of rotatable bonds is 3. The van der Waals surface area contributed by atoms with Crippen LogP contribution in [0, 0.1) is 0 Å². The molecule has 1 aliphatic carbocycles. The lowest BCUT2D eigenvalue weighted by atomic mass is 9.89. The molecule has 0 amide bonds. The van der Waals surface area contributed by atoms with Crippen LogP contribution in [-0.4, -0.2) is 15.2 Å². The number of aryl methyl sites for hydroxylation is 1. The molecule has 2 aliphatic rings. The SMILES string of the molecule is CC1/C=C\C=C/Cc2cccc(-c3cccc(-c4nc5c(nc4-c4ccccc4)c4c(c6ccccc65)CCC=C4)c3)c2S1. The summed E-state index contributed by atoms with van der Waals surface area (Å²) >= 11 is 1.94. The third-order valence-electron chi connectivity index (χ3n) is 8.69. The molecule has 0 saturated heterocycles. The van der Waals surface area contributed by atoms with Gasteiger partial charge < -0.3 is 0 Å². The highest BCUT2D eigenvalue weighted by molar-refractivity contribution is 8.00. The van der Waals surface area contributed by atoms with Crippen LogP contribution < -0.4 is 0 Å². The molecule has 6 aromatic rings. The third-order valence-corrected chi connectivity index (χ3v) is 9.94. The summed E-state index contributed by atoms with van der Waals surface area (Å²) in [5.41, 5.74) is 12.4. The van der Waals surface area contributed by atoms with E-state index in [4.69, 9.17) is 9.97 Å². The zero-order valence-electron chi connectivity index (χ0n) is 24.7. The fourth-order valence-electron chi connectivity index (χ4n) is 6.59. The second-order valence-electron chi connectivity index (χ2n) is 11.6. The van der Waals surface area contributed by atoms with Gasteiger partial charge in [0, 0.05) is 32.2 Å². The molecule has 1 atom stereocenters. The summed E-state index contributed by atoms with van der Waals surface area (Å²) in [4.78, 5) is 12.3. The second kappa shape index (κ2) is 11.4. The number of fused-ring (bicyclic) bond motifs is 7. The average molecular weight is 585 g/mol. The first kappa shape index (κ1) is 26.9. The van der Waals surface area contributed by atoms with Crippen molar-refractivity contribution in [1.29, 1.82) is 0 Å². The molecular weight excluding hydrogens is 553 g/mol. The number of hydrogen-bond donors (Lipinski definition) is 0. The van der Waals surface area contributed by atoms with E-state index in [-0.39, 0.29) is 0 Å². The predicted octanol–water partition coefficient (Wildman–Crippen LogP) is 10.9. The van der Waals surface area contributed by atoms with Gasteiger partial charge in [-0.25, -0.2) is 9.97 Å². The molecule has 0 N–H and O–H groups in total. The minimum absolute atomic E-state index is 0.380. The summed E-state index contributed by atoms with van der Waals surface area (Å²) in [5, 5.41) is 2.84. The Kier molecular flexibility index (Phi) is 6.96. The first-order chi connectivity index (χ1) is 21.7. The Morgan fingerprint density at radius 2 is 1.43 bits per heavy atom. The molecular formula is C41H32N2S. The number of benzene rings is 5. The molecule has 0 radical (unpaired) electrons. The van der Waals surface area contributed by atoms with Crippen molar-refractivity contribution in [1.82, 2.24) is 9.97 Å². The largest absolute Gasteiger partial charge is 0.243 e. The molecule has 1 aliphatic heterocycles. The van der Waals surface area contributed by atoms with E-state index < -0.39 is 0 Å². The molecule has 0 saturated carbocycles. The molecule has 1 aromatic heterocycles. The molecule has 212 valence electrons. The number of allylic oxidation sites excluding steroid dienone is 4. The first-order valence-electron chi connectivity index (χ1n) is 15.4. The van der Waals surface area contributed by atoms with Gasteiger partial charge >= 0.3 is 0 Å². The normalized spacial score (nSPS) is 17.3. The van der Waals surface area contributed by atoms with Crippen molar-refractivity contribution in [2.45, 2.75) is 36.3 Å². The zero-order valence-corrected chi connectivity index (χ0v) is 25.5. The van der Waals surface area contributed by atoms with Crippen LogP contribution in [0.15, 0.2) is 132 Å². The Labute approximate surface area is 262 Å². The highest BCUT2D eigenvalue weighted by Gasteiger charge is 2.21. The summed E-state index contributed by atoms with van der Waals surface area (Å²) in [6.45, 7) is 2.27. The molecule has 0 bridgehead atoms. The number of hydrogen-bond acceptors (Lipinski definition) is 3. The maximum Gasteiger partial charge on any atom is 0.0979 e. The van der Waals surface area contributed by atoms with Gasteiger partial charge in [0.2, 0.25) is 0 Å². The van der Waals surface area contributed by atoms with E-state index in [0.29, 0.717) is 5.25 Å². The van der Waals surface area contributed by atoms with Crippen LogP contribution in [0.3, 0.4) is 0 Å². The van der Waals surface area contributed by atoms with Crippen molar-refractivity contribution < 1.29 is 0 Å². The molecule has 44 heavy (non-hydrogen) atoms. The van der Waals surface area contributed by atoms with E-state index in [1.807, 2.05) is 11.8 Å². The lowest BCUT2D eigenvalue weighted by Gasteiger charge is -2.19. The Morgan fingerprint density at radius 3 is 2.34 bits per heavy atom. The van der Waals surface area contributed by atoms with Gasteiger partial charge in [-0.1, -0.05) is 127 Å².